The number of rotatable bonds is 5. The summed E-state index contributed by atoms with van der Waals surface area (Å²) in [5.41, 5.74) is 1.41. The van der Waals surface area contributed by atoms with E-state index in [1.807, 2.05) is 24.3 Å². The number of benzene rings is 1. The van der Waals surface area contributed by atoms with E-state index in [-0.39, 0.29) is 11.8 Å². The molecule has 1 saturated heterocycles. The minimum Gasteiger partial charge on any atom is -0.370 e. The lowest BCUT2D eigenvalue weighted by Gasteiger charge is -2.19. The molecule has 1 aromatic carbocycles. The van der Waals surface area contributed by atoms with E-state index in [2.05, 4.69) is 19.3 Å². The number of nitrogens with one attached hydrogen (secondary N) is 1. The summed E-state index contributed by atoms with van der Waals surface area (Å²) in [4.78, 5) is 2.12. The van der Waals surface area contributed by atoms with Crippen molar-refractivity contribution in [1.82, 2.24) is 9.88 Å². The van der Waals surface area contributed by atoms with Crippen LogP contribution in [-0.4, -0.2) is 32.7 Å². The fourth-order valence-corrected chi connectivity index (χ4v) is 4.07. The lowest BCUT2D eigenvalue weighted by molar-refractivity contribution is 0.413. The molecule has 0 bridgehead atoms. The minimum absolute atomic E-state index is 0.115. The average Bonchev–Trinajstić information content (AvgIpc) is 3.09. The van der Waals surface area contributed by atoms with E-state index in [0.29, 0.717) is 17.3 Å². The molecular formula is C14H16ClN3O3S. The maximum Gasteiger partial charge on any atom is 0.217 e. The van der Waals surface area contributed by atoms with Gasteiger partial charge in [0.15, 0.2) is 0 Å². The van der Waals surface area contributed by atoms with Crippen LogP contribution in [0.2, 0.25) is 5.02 Å². The molecule has 118 valence electrons. The Morgan fingerprint density at radius 2 is 2.27 bits per heavy atom. The third kappa shape index (κ3) is 3.79. The molecule has 0 amide bonds. The molecule has 0 unspecified atom stereocenters. The van der Waals surface area contributed by atoms with Crippen LogP contribution < -0.4 is 9.62 Å². The zero-order valence-electron chi connectivity index (χ0n) is 11.8. The predicted octanol–water partition coefficient (Wildman–Crippen LogP) is 2.03. The van der Waals surface area contributed by atoms with Crippen LogP contribution in [-0.2, 0) is 15.8 Å². The first-order chi connectivity index (χ1) is 10.5. The Balaban J connectivity index is 1.61. The number of halogens is 1. The number of sulfonamides is 1. The highest BCUT2D eigenvalue weighted by Crippen LogP contribution is 2.23. The van der Waals surface area contributed by atoms with Crippen LogP contribution in [0.3, 0.4) is 0 Å². The molecule has 1 aliphatic heterocycles. The molecule has 0 radical (unpaired) electrons. The summed E-state index contributed by atoms with van der Waals surface area (Å²) >= 11 is 5.99. The largest absolute Gasteiger partial charge is 0.370 e. The molecular weight excluding hydrogens is 326 g/mol. The van der Waals surface area contributed by atoms with Crippen LogP contribution >= 0.6 is 11.6 Å². The number of anilines is 1. The molecule has 0 spiro atoms. The van der Waals surface area contributed by atoms with Crippen molar-refractivity contribution in [1.29, 1.82) is 0 Å². The summed E-state index contributed by atoms with van der Waals surface area (Å²) in [6.45, 7) is 1.41. The van der Waals surface area contributed by atoms with E-state index in [1.165, 1.54) is 6.26 Å². The fourth-order valence-electron chi connectivity index (χ4n) is 2.57. The Morgan fingerprint density at radius 3 is 3.00 bits per heavy atom. The molecule has 22 heavy (non-hydrogen) atoms. The van der Waals surface area contributed by atoms with Gasteiger partial charge in [0.05, 0.1) is 5.69 Å². The van der Waals surface area contributed by atoms with Gasteiger partial charge in [-0.3, -0.25) is 0 Å². The fraction of sp³-hybridized carbons (Fsp3) is 0.357. The molecule has 1 N–H and O–H groups in total. The highest BCUT2D eigenvalue weighted by Gasteiger charge is 2.27. The first-order valence-electron chi connectivity index (χ1n) is 6.92. The van der Waals surface area contributed by atoms with Gasteiger partial charge in [-0.2, -0.15) is 0 Å². The topological polar surface area (TPSA) is 75.4 Å². The summed E-state index contributed by atoms with van der Waals surface area (Å²) in [6.07, 6.45) is 2.12. The summed E-state index contributed by atoms with van der Waals surface area (Å²) in [7, 11) is -3.43. The predicted molar refractivity (Wildman–Crippen MR) is 84.3 cm³/mol. The van der Waals surface area contributed by atoms with E-state index >= 15 is 0 Å². The van der Waals surface area contributed by atoms with Crippen LogP contribution in [0.15, 0.2) is 41.1 Å². The minimum atomic E-state index is -3.43. The van der Waals surface area contributed by atoms with Gasteiger partial charge in [0, 0.05) is 35.9 Å². The van der Waals surface area contributed by atoms with Crippen molar-refractivity contribution < 1.29 is 12.9 Å². The van der Waals surface area contributed by atoms with Gasteiger partial charge in [0.1, 0.15) is 12.0 Å². The monoisotopic (exact) mass is 341 g/mol. The summed E-state index contributed by atoms with van der Waals surface area (Å²) in [5, 5.41) is 4.30. The van der Waals surface area contributed by atoms with Crippen molar-refractivity contribution in [3.8, 4) is 0 Å². The molecule has 1 atom stereocenters. The van der Waals surface area contributed by atoms with Crippen molar-refractivity contribution in [2.24, 2.45) is 0 Å². The molecule has 0 aliphatic carbocycles. The Hall–Kier alpha value is -1.57. The van der Waals surface area contributed by atoms with Gasteiger partial charge in [-0.25, -0.2) is 13.1 Å². The Bertz CT molecular complexity index is 734. The van der Waals surface area contributed by atoms with E-state index in [0.717, 1.165) is 18.7 Å². The van der Waals surface area contributed by atoms with Crippen molar-refractivity contribution >= 4 is 27.3 Å². The molecule has 1 fully saturated rings. The number of aromatic nitrogens is 1. The van der Waals surface area contributed by atoms with Crippen LogP contribution in [0.25, 0.3) is 0 Å². The third-order valence-electron chi connectivity index (χ3n) is 3.54. The zero-order chi connectivity index (χ0) is 15.6. The van der Waals surface area contributed by atoms with Gasteiger partial charge < -0.3 is 9.42 Å². The highest BCUT2D eigenvalue weighted by atomic mass is 35.5. The normalized spacial score (nSPS) is 18.8. The number of hydrogen-bond acceptors (Lipinski definition) is 5. The second kappa shape index (κ2) is 6.28. The van der Waals surface area contributed by atoms with Crippen LogP contribution in [0.4, 0.5) is 5.69 Å². The molecule has 2 heterocycles. The first-order valence-corrected chi connectivity index (χ1v) is 8.95. The zero-order valence-corrected chi connectivity index (χ0v) is 13.3. The Labute approximate surface area is 134 Å². The first kappa shape index (κ1) is 15.3. The van der Waals surface area contributed by atoms with E-state index in [9.17, 15) is 8.42 Å². The maximum absolute atomic E-state index is 12.1. The maximum atomic E-state index is 12.1. The van der Waals surface area contributed by atoms with Crippen molar-refractivity contribution in [3.63, 3.8) is 0 Å². The molecule has 0 saturated carbocycles. The lowest BCUT2D eigenvalue weighted by atomic mass is 10.3. The second-order valence-corrected chi connectivity index (χ2v) is 7.47. The van der Waals surface area contributed by atoms with Crippen LogP contribution in [0, 0.1) is 0 Å². The Morgan fingerprint density at radius 1 is 1.41 bits per heavy atom. The van der Waals surface area contributed by atoms with Gasteiger partial charge in [-0.05, 0) is 24.6 Å². The average molecular weight is 342 g/mol. The highest BCUT2D eigenvalue weighted by molar-refractivity contribution is 7.88. The van der Waals surface area contributed by atoms with Crippen molar-refractivity contribution in [2.45, 2.75) is 18.2 Å². The smallest absolute Gasteiger partial charge is 0.217 e. The van der Waals surface area contributed by atoms with Crippen LogP contribution in [0.5, 0.6) is 0 Å². The second-order valence-electron chi connectivity index (χ2n) is 5.28. The number of nitrogens with zero attached hydrogens (tertiary/aromatic N) is 2. The van der Waals surface area contributed by atoms with Crippen molar-refractivity contribution in [3.05, 3.63) is 47.3 Å². The van der Waals surface area contributed by atoms with E-state index in [4.69, 9.17) is 11.6 Å². The van der Waals surface area contributed by atoms with Gasteiger partial charge in [-0.15, -0.1) is 0 Å². The molecule has 2 aromatic rings. The van der Waals surface area contributed by atoms with Gasteiger partial charge >= 0.3 is 0 Å². The summed E-state index contributed by atoms with van der Waals surface area (Å²) in [6, 6.07) is 8.99. The van der Waals surface area contributed by atoms with Crippen molar-refractivity contribution in [2.75, 3.05) is 18.0 Å². The molecule has 1 aromatic heterocycles. The molecule has 1 aliphatic rings. The quantitative estimate of drug-likeness (QED) is 0.900. The van der Waals surface area contributed by atoms with Gasteiger partial charge in [-0.1, -0.05) is 22.8 Å². The Kier molecular flexibility index (Phi) is 4.37. The van der Waals surface area contributed by atoms with Crippen LogP contribution in [0.1, 0.15) is 12.1 Å². The molecule has 6 nitrogen and oxygen atoms in total. The summed E-state index contributed by atoms with van der Waals surface area (Å²) < 4.78 is 31.6. The third-order valence-corrected chi connectivity index (χ3v) is 5.14. The SMILES string of the molecule is O=S(=O)(Cc1ccon1)N[C@H]1CCN(c2cccc(Cl)c2)C1. The number of hydrogen-bond donors (Lipinski definition) is 1. The lowest BCUT2D eigenvalue weighted by Crippen LogP contribution is -2.37. The van der Waals surface area contributed by atoms with E-state index < -0.39 is 10.0 Å². The van der Waals surface area contributed by atoms with Gasteiger partial charge in [0.2, 0.25) is 10.0 Å². The van der Waals surface area contributed by atoms with E-state index in [1.54, 1.807) is 6.07 Å². The molecule has 3 rings (SSSR count). The molecule has 8 heteroatoms. The standard InChI is InChI=1S/C14H16ClN3O3S/c15-11-2-1-3-14(8-11)18-6-4-12(9-18)17-22(19,20)10-13-5-7-21-16-13/h1-3,5,7-8,12,17H,4,6,9-10H2/t12-/m0/s1. The summed E-state index contributed by atoms with van der Waals surface area (Å²) in [5.74, 6) is -0.169. The van der Waals surface area contributed by atoms with Gasteiger partial charge in [0.25, 0.3) is 0 Å².